The zero-order chi connectivity index (χ0) is 20.2. The van der Waals surface area contributed by atoms with Gasteiger partial charge in [0, 0.05) is 19.1 Å². The van der Waals surface area contributed by atoms with Crippen molar-refractivity contribution in [3.05, 3.63) is 23.8 Å². The standard InChI is InChI=1S/C21H34N4O3/c1-4-22-21(24-15-20(26)25-17-8-6-5-7-9-17)23-13-12-16-10-11-18(27-2)19(14-16)28-3/h10-11,14,17H,4-9,12-13,15H2,1-3H3,(H,25,26)(H2,22,23,24). The van der Waals surface area contributed by atoms with E-state index in [2.05, 4.69) is 20.9 Å². The van der Waals surface area contributed by atoms with Crippen molar-refractivity contribution in [3.63, 3.8) is 0 Å². The van der Waals surface area contributed by atoms with Crippen LogP contribution >= 0.6 is 0 Å². The number of guanidine groups is 1. The van der Waals surface area contributed by atoms with Gasteiger partial charge in [-0.3, -0.25) is 4.79 Å². The highest BCUT2D eigenvalue weighted by Crippen LogP contribution is 2.27. The topological polar surface area (TPSA) is 84.0 Å². The van der Waals surface area contributed by atoms with Crippen LogP contribution in [-0.2, 0) is 11.2 Å². The van der Waals surface area contributed by atoms with Gasteiger partial charge in [0.05, 0.1) is 14.2 Å². The molecule has 0 unspecified atom stereocenters. The molecule has 2 rings (SSSR count). The average Bonchev–Trinajstić information content (AvgIpc) is 2.72. The highest BCUT2D eigenvalue weighted by molar-refractivity contribution is 5.85. The summed E-state index contributed by atoms with van der Waals surface area (Å²) in [5.74, 6) is 2.09. The van der Waals surface area contributed by atoms with Gasteiger partial charge >= 0.3 is 0 Å². The number of nitrogens with zero attached hydrogens (tertiary/aromatic N) is 1. The molecule has 1 aromatic rings. The molecule has 1 aromatic carbocycles. The number of rotatable bonds is 9. The largest absolute Gasteiger partial charge is 0.493 e. The van der Waals surface area contributed by atoms with Crippen LogP contribution in [0.15, 0.2) is 23.2 Å². The van der Waals surface area contributed by atoms with Crippen LogP contribution in [-0.4, -0.2) is 51.8 Å². The summed E-state index contributed by atoms with van der Waals surface area (Å²) in [6, 6.07) is 6.22. The Hall–Kier alpha value is -2.44. The molecule has 7 heteroatoms. The number of hydrogen-bond acceptors (Lipinski definition) is 4. The summed E-state index contributed by atoms with van der Waals surface area (Å²) in [5, 5.41) is 9.56. The van der Waals surface area contributed by atoms with Crippen LogP contribution in [0.1, 0.15) is 44.6 Å². The molecule has 0 saturated heterocycles. The number of amides is 1. The second-order valence-electron chi connectivity index (χ2n) is 6.96. The van der Waals surface area contributed by atoms with Crippen molar-refractivity contribution in [1.29, 1.82) is 0 Å². The number of nitrogens with one attached hydrogen (secondary N) is 3. The Kier molecular flexibility index (Phi) is 9.45. The summed E-state index contributed by atoms with van der Waals surface area (Å²) in [7, 11) is 3.26. The third kappa shape index (κ3) is 7.29. The lowest BCUT2D eigenvalue weighted by Crippen LogP contribution is -2.41. The highest BCUT2D eigenvalue weighted by Gasteiger charge is 2.15. The molecule has 1 aliphatic carbocycles. The molecule has 1 aliphatic rings. The van der Waals surface area contributed by atoms with Gasteiger partial charge in [-0.1, -0.05) is 25.3 Å². The Bertz CT molecular complexity index is 643. The molecule has 0 aliphatic heterocycles. The smallest absolute Gasteiger partial charge is 0.242 e. The lowest BCUT2D eigenvalue weighted by atomic mass is 9.95. The first-order valence-corrected chi connectivity index (χ1v) is 10.2. The molecule has 0 bridgehead atoms. The fraction of sp³-hybridized carbons (Fsp3) is 0.619. The maximum atomic E-state index is 12.1. The van der Waals surface area contributed by atoms with Gasteiger partial charge in [0.25, 0.3) is 0 Å². The van der Waals surface area contributed by atoms with Crippen LogP contribution in [0.3, 0.4) is 0 Å². The maximum Gasteiger partial charge on any atom is 0.242 e. The van der Waals surface area contributed by atoms with Crippen molar-refractivity contribution >= 4 is 11.9 Å². The molecular formula is C21H34N4O3. The van der Waals surface area contributed by atoms with Crippen LogP contribution in [0, 0.1) is 0 Å². The normalized spacial score (nSPS) is 15.0. The second-order valence-corrected chi connectivity index (χ2v) is 6.96. The van der Waals surface area contributed by atoms with Gasteiger partial charge in [-0.25, -0.2) is 4.99 Å². The number of ether oxygens (including phenoxy) is 2. The molecule has 7 nitrogen and oxygen atoms in total. The molecule has 0 atom stereocenters. The fourth-order valence-electron chi connectivity index (χ4n) is 3.37. The van der Waals surface area contributed by atoms with Gasteiger partial charge in [-0.15, -0.1) is 0 Å². The fourth-order valence-corrected chi connectivity index (χ4v) is 3.37. The number of carbonyl (C=O) groups excluding carboxylic acids is 1. The first-order valence-electron chi connectivity index (χ1n) is 10.2. The van der Waals surface area contributed by atoms with E-state index >= 15 is 0 Å². The molecular weight excluding hydrogens is 356 g/mol. The molecule has 0 radical (unpaired) electrons. The van der Waals surface area contributed by atoms with E-state index in [0.29, 0.717) is 18.5 Å². The summed E-state index contributed by atoms with van der Waals surface area (Å²) in [5.41, 5.74) is 1.14. The molecule has 1 amide bonds. The van der Waals surface area contributed by atoms with Gasteiger partial charge in [0.2, 0.25) is 5.91 Å². The molecule has 1 fully saturated rings. The van der Waals surface area contributed by atoms with E-state index in [-0.39, 0.29) is 12.5 Å². The Balaban J connectivity index is 1.81. The van der Waals surface area contributed by atoms with Crippen LogP contribution in [0.4, 0.5) is 0 Å². The molecule has 28 heavy (non-hydrogen) atoms. The summed E-state index contributed by atoms with van der Waals surface area (Å²) >= 11 is 0. The zero-order valence-corrected chi connectivity index (χ0v) is 17.3. The van der Waals surface area contributed by atoms with Gasteiger partial charge < -0.3 is 25.4 Å². The minimum Gasteiger partial charge on any atom is -0.493 e. The summed E-state index contributed by atoms with van der Waals surface area (Å²) in [6.07, 6.45) is 6.65. The Morgan fingerprint density at radius 1 is 1.11 bits per heavy atom. The van der Waals surface area contributed by atoms with E-state index in [1.165, 1.54) is 19.3 Å². The first-order chi connectivity index (χ1) is 13.7. The molecule has 0 heterocycles. The van der Waals surface area contributed by atoms with Crippen LogP contribution in [0.2, 0.25) is 0 Å². The number of hydrogen-bond donors (Lipinski definition) is 3. The van der Waals surface area contributed by atoms with Crippen molar-refractivity contribution in [2.24, 2.45) is 4.99 Å². The molecule has 3 N–H and O–H groups in total. The van der Waals surface area contributed by atoms with Gasteiger partial charge in [-0.2, -0.15) is 0 Å². The highest BCUT2D eigenvalue weighted by atomic mass is 16.5. The quantitative estimate of drug-likeness (QED) is 0.445. The Morgan fingerprint density at radius 3 is 2.54 bits per heavy atom. The van der Waals surface area contributed by atoms with Gasteiger partial charge in [0.15, 0.2) is 17.5 Å². The number of aliphatic imine (C=N–C) groups is 1. The lowest BCUT2D eigenvalue weighted by Gasteiger charge is -2.22. The van der Waals surface area contributed by atoms with E-state index in [9.17, 15) is 4.79 Å². The first kappa shape index (κ1) is 21.9. The lowest BCUT2D eigenvalue weighted by molar-refractivity contribution is -0.120. The summed E-state index contributed by atoms with van der Waals surface area (Å²) < 4.78 is 10.6. The summed E-state index contributed by atoms with van der Waals surface area (Å²) in [4.78, 5) is 16.6. The maximum absolute atomic E-state index is 12.1. The molecule has 0 spiro atoms. The number of methoxy groups -OCH3 is 2. The van der Waals surface area contributed by atoms with Gasteiger partial charge in [0.1, 0.15) is 6.54 Å². The minimum atomic E-state index is -0.0102. The molecule has 0 aromatic heterocycles. The van der Waals surface area contributed by atoms with E-state index < -0.39 is 0 Å². The van der Waals surface area contributed by atoms with E-state index in [1.807, 2.05) is 25.1 Å². The predicted octanol–water partition coefficient (Wildman–Crippen LogP) is 2.25. The van der Waals surface area contributed by atoms with Crippen molar-refractivity contribution in [1.82, 2.24) is 16.0 Å². The molecule has 156 valence electrons. The third-order valence-electron chi connectivity index (χ3n) is 4.85. The predicted molar refractivity (Wildman–Crippen MR) is 112 cm³/mol. The van der Waals surface area contributed by atoms with E-state index in [4.69, 9.17) is 9.47 Å². The second kappa shape index (κ2) is 12.1. The SMILES string of the molecule is CCNC(=NCC(=O)NC1CCCCC1)NCCc1ccc(OC)c(OC)c1. The van der Waals surface area contributed by atoms with Crippen molar-refractivity contribution in [3.8, 4) is 11.5 Å². The zero-order valence-electron chi connectivity index (χ0n) is 17.3. The minimum absolute atomic E-state index is 0.0102. The van der Waals surface area contributed by atoms with Crippen molar-refractivity contribution in [2.75, 3.05) is 33.9 Å². The Labute approximate surface area is 168 Å². The van der Waals surface area contributed by atoms with E-state index in [1.54, 1.807) is 14.2 Å². The van der Waals surface area contributed by atoms with Crippen LogP contribution in [0.5, 0.6) is 11.5 Å². The van der Waals surface area contributed by atoms with Gasteiger partial charge in [-0.05, 0) is 43.9 Å². The van der Waals surface area contributed by atoms with Crippen LogP contribution < -0.4 is 25.4 Å². The molecule has 1 saturated carbocycles. The van der Waals surface area contributed by atoms with Crippen molar-refractivity contribution in [2.45, 2.75) is 51.5 Å². The third-order valence-corrected chi connectivity index (χ3v) is 4.85. The average molecular weight is 391 g/mol. The number of benzene rings is 1. The Morgan fingerprint density at radius 2 is 1.86 bits per heavy atom. The van der Waals surface area contributed by atoms with Crippen molar-refractivity contribution < 1.29 is 14.3 Å². The summed E-state index contributed by atoms with van der Waals surface area (Å²) in [6.45, 7) is 3.59. The number of carbonyl (C=O) groups is 1. The van der Waals surface area contributed by atoms with E-state index in [0.717, 1.165) is 42.9 Å². The monoisotopic (exact) mass is 390 g/mol. The van der Waals surface area contributed by atoms with Crippen LogP contribution in [0.25, 0.3) is 0 Å².